The summed E-state index contributed by atoms with van der Waals surface area (Å²) in [6.07, 6.45) is 3.35. The van der Waals surface area contributed by atoms with Gasteiger partial charge in [0.1, 0.15) is 5.60 Å². The van der Waals surface area contributed by atoms with Crippen molar-refractivity contribution in [2.75, 3.05) is 26.2 Å². The van der Waals surface area contributed by atoms with Crippen LogP contribution in [-0.4, -0.2) is 63.5 Å². The van der Waals surface area contributed by atoms with Crippen molar-refractivity contribution in [3.05, 3.63) is 53.9 Å². The molecule has 1 N–H and O–H groups in total. The van der Waals surface area contributed by atoms with Gasteiger partial charge in [-0.05, 0) is 38.0 Å². The van der Waals surface area contributed by atoms with Crippen molar-refractivity contribution in [3.63, 3.8) is 0 Å². The standard InChI is InChI=1S/C21H29N5O3/c1-21(2,3)29-20(28)25-12-10-24(11-13-25)19(27)22-15-17-6-4-7-18(14-17)16-26-9-5-8-23-26/h4-9,14H,10-13,15-16H2,1-3H3,(H,22,27). The zero-order valence-electron chi connectivity index (χ0n) is 17.3. The van der Waals surface area contributed by atoms with Gasteiger partial charge in [0.15, 0.2) is 0 Å². The Morgan fingerprint density at radius 1 is 1.07 bits per heavy atom. The van der Waals surface area contributed by atoms with E-state index in [4.69, 9.17) is 4.74 Å². The van der Waals surface area contributed by atoms with Crippen molar-refractivity contribution < 1.29 is 14.3 Å². The first-order valence-electron chi connectivity index (χ1n) is 9.86. The Bertz CT molecular complexity index is 821. The molecular weight excluding hydrogens is 370 g/mol. The number of hydrogen-bond acceptors (Lipinski definition) is 4. The van der Waals surface area contributed by atoms with Gasteiger partial charge in [-0.3, -0.25) is 4.68 Å². The first-order chi connectivity index (χ1) is 13.8. The quantitative estimate of drug-likeness (QED) is 0.857. The van der Waals surface area contributed by atoms with Crippen LogP contribution in [0.15, 0.2) is 42.7 Å². The minimum absolute atomic E-state index is 0.119. The predicted octanol–water partition coefficient (Wildman–Crippen LogP) is 2.69. The molecule has 3 rings (SSSR count). The van der Waals surface area contributed by atoms with E-state index in [0.717, 1.165) is 11.1 Å². The second-order valence-corrected chi connectivity index (χ2v) is 8.14. The Balaban J connectivity index is 1.45. The summed E-state index contributed by atoms with van der Waals surface area (Å²) in [5.41, 5.74) is 1.65. The zero-order chi connectivity index (χ0) is 20.9. The number of nitrogens with one attached hydrogen (secondary N) is 1. The second-order valence-electron chi connectivity index (χ2n) is 8.14. The molecule has 1 aliphatic heterocycles. The van der Waals surface area contributed by atoms with Crippen LogP contribution in [0.3, 0.4) is 0 Å². The van der Waals surface area contributed by atoms with Gasteiger partial charge in [0.05, 0.1) is 6.54 Å². The van der Waals surface area contributed by atoms with E-state index >= 15 is 0 Å². The topological polar surface area (TPSA) is 79.7 Å². The average molecular weight is 399 g/mol. The number of hydrogen-bond donors (Lipinski definition) is 1. The number of carbonyl (C=O) groups is 2. The van der Waals surface area contributed by atoms with Gasteiger partial charge in [0.2, 0.25) is 0 Å². The minimum atomic E-state index is -0.516. The lowest BCUT2D eigenvalue weighted by atomic mass is 10.1. The van der Waals surface area contributed by atoms with Crippen LogP contribution in [-0.2, 0) is 17.8 Å². The fraction of sp³-hybridized carbons (Fsp3) is 0.476. The molecule has 156 valence electrons. The van der Waals surface area contributed by atoms with E-state index in [0.29, 0.717) is 39.3 Å². The SMILES string of the molecule is CC(C)(C)OC(=O)N1CCN(C(=O)NCc2cccc(Cn3cccn3)c2)CC1. The molecule has 1 aliphatic rings. The molecule has 0 aliphatic carbocycles. The maximum atomic E-state index is 12.5. The van der Waals surface area contributed by atoms with Crippen LogP contribution >= 0.6 is 0 Å². The lowest BCUT2D eigenvalue weighted by Gasteiger charge is -2.35. The third-order valence-corrected chi connectivity index (χ3v) is 4.56. The lowest BCUT2D eigenvalue weighted by Crippen LogP contribution is -2.53. The van der Waals surface area contributed by atoms with Crippen LogP contribution < -0.4 is 5.32 Å². The van der Waals surface area contributed by atoms with Gasteiger partial charge in [0.25, 0.3) is 0 Å². The van der Waals surface area contributed by atoms with Crippen molar-refractivity contribution in [3.8, 4) is 0 Å². The molecule has 1 aromatic heterocycles. The van der Waals surface area contributed by atoms with Crippen LogP contribution in [0.2, 0.25) is 0 Å². The summed E-state index contributed by atoms with van der Waals surface area (Å²) in [6, 6.07) is 9.87. The van der Waals surface area contributed by atoms with E-state index in [1.807, 2.05) is 55.9 Å². The summed E-state index contributed by atoms with van der Waals surface area (Å²) >= 11 is 0. The fourth-order valence-electron chi connectivity index (χ4n) is 3.13. The van der Waals surface area contributed by atoms with Gasteiger partial charge < -0.3 is 19.9 Å². The molecule has 1 fully saturated rings. The zero-order valence-corrected chi connectivity index (χ0v) is 17.3. The van der Waals surface area contributed by atoms with Crippen molar-refractivity contribution in [2.24, 2.45) is 0 Å². The van der Waals surface area contributed by atoms with E-state index in [1.54, 1.807) is 16.0 Å². The van der Waals surface area contributed by atoms with Gasteiger partial charge in [-0.15, -0.1) is 0 Å². The number of rotatable bonds is 4. The lowest BCUT2D eigenvalue weighted by molar-refractivity contribution is 0.0170. The molecule has 29 heavy (non-hydrogen) atoms. The molecule has 2 heterocycles. The van der Waals surface area contributed by atoms with Crippen molar-refractivity contribution in [2.45, 2.75) is 39.5 Å². The molecule has 1 aromatic carbocycles. The highest BCUT2D eigenvalue weighted by Crippen LogP contribution is 2.12. The van der Waals surface area contributed by atoms with Gasteiger partial charge in [-0.2, -0.15) is 5.10 Å². The monoisotopic (exact) mass is 399 g/mol. The number of urea groups is 1. The molecular formula is C21H29N5O3. The summed E-state index contributed by atoms with van der Waals surface area (Å²) in [5, 5.41) is 7.18. The van der Waals surface area contributed by atoms with Crippen molar-refractivity contribution in [1.29, 1.82) is 0 Å². The highest BCUT2D eigenvalue weighted by Gasteiger charge is 2.27. The highest BCUT2D eigenvalue weighted by atomic mass is 16.6. The fourth-order valence-corrected chi connectivity index (χ4v) is 3.13. The van der Waals surface area contributed by atoms with Crippen molar-refractivity contribution >= 4 is 12.1 Å². The second kappa shape index (κ2) is 8.98. The molecule has 3 amide bonds. The number of nitrogens with zero attached hydrogens (tertiary/aromatic N) is 4. The first-order valence-corrected chi connectivity index (χ1v) is 9.86. The maximum Gasteiger partial charge on any atom is 0.410 e. The Labute approximate surface area is 171 Å². The van der Waals surface area contributed by atoms with E-state index < -0.39 is 5.60 Å². The third kappa shape index (κ3) is 6.23. The summed E-state index contributed by atoms with van der Waals surface area (Å²) < 4.78 is 7.25. The average Bonchev–Trinajstić information content (AvgIpc) is 3.18. The number of benzene rings is 1. The van der Waals surface area contributed by atoms with E-state index in [1.165, 1.54) is 0 Å². The molecule has 0 bridgehead atoms. The molecule has 1 saturated heterocycles. The van der Waals surface area contributed by atoms with E-state index in [2.05, 4.69) is 16.5 Å². The van der Waals surface area contributed by atoms with Gasteiger partial charge in [0, 0.05) is 45.1 Å². The van der Waals surface area contributed by atoms with Crippen LogP contribution in [0.1, 0.15) is 31.9 Å². The number of aromatic nitrogens is 2. The summed E-state index contributed by atoms with van der Waals surface area (Å²) in [5.74, 6) is 0. The minimum Gasteiger partial charge on any atom is -0.444 e. The van der Waals surface area contributed by atoms with Crippen LogP contribution in [0.5, 0.6) is 0 Å². The first kappa shape index (κ1) is 20.7. The third-order valence-electron chi connectivity index (χ3n) is 4.56. The Morgan fingerprint density at radius 2 is 1.76 bits per heavy atom. The van der Waals surface area contributed by atoms with E-state index in [9.17, 15) is 9.59 Å². The number of carbonyl (C=O) groups excluding carboxylic acids is 2. The van der Waals surface area contributed by atoms with Crippen LogP contribution in [0.4, 0.5) is 9.59 Å². The van der Waals surface area contributed by atoms with Crippen molar-refractivity contribution in [1.82, 2.24) is 24.9 Å². The van der Waals surface area contributed by atoms with Gasteiger partial charge in [-0.1, -0.05) is 24.3 Å². The highest BCUT2D eigenvalue weighted by molar-refractivity contribution is 5.75. The molecule has 2 aromatic rings. The largest absolute Gasteiger partial charge is 0.444 e. The Morgan fingerprint density at radius 3 is 2.41 bits per heavy atom. The molecule has 8 nitrogen and oxygen atoms in total. The van der Waals surface area contributed by atoms with E-state index in [-0.39, 0.29) is 12.1 Å². The number of piperazine rings is 1. The van der Waals surface area contributed by atoms with Gasteiger partial charge >= 0.3 is 12.1 Å². The van der Waals surface area contributed by atoms with Crippen LogP contribution in [0, 0.1) is 0 Å². The Hall–Kier alpha value is -3.03. The summed E-state index contributed by atoms with van der Waals surface area (Å²) in [6.45, 7) is 8.62. The molecule has 0 spiro atoms. The maximum absolute atomic E-state index is 12.5. The normalized spacial score (nSPS) is 14.6. The smallest absolute Gasteiger partial charge is 0.410 e. The molecule has 0 unspecified atom stereocenters. The van der Waals surface area contributed by atoms with Gasteiger partial charge in [-0.25, -0.2) is 9.59 Å². The molecule has 0 saturated carbocycles. The summed E-state index contributed by atoms with van der Waals surface area (Å²) in [4.78, 5) is 28.0. The van der Waals surface area contributed by atoms with Crippen LogP contribution in [0.25, 0.3) is 0 Å². The Kier molecular flexibility index (Phi) is 6.41. The summed E-state index contributed by atoms with van der Waals surface area (Å²) in [7, 11) is 0. The predicted molar refractivity (Wildman–Crippen MR) is 109 cm³/mol. The molecule has 8 heteroatoms. The number of ether oxygens (including phenoxy) is 1. The molecule has 0 radical (unpaired) electrons. The number of amides is 3. The molecule has 0 atom stereocenters.